The average molecular weight is 368 g/mol. The van der Waals surface area contributed by atoms with Crippen molar-refractivity contribution in [1.82, 2.24) is 29.4 Å². The lowest BCUT2D eigenvalue weighted by Crippen LogP contribution is -2.44. The van der Waals surface area contributed by atoms with E-state index in [1.54, 1.807) is 10.9 Å². The number of pyridine rings is 1. The SMILES string of the molecule is Cc1cc(C(=O)N2CCOC[C@@H]2c2c(C)nn(C)c2C)c2cnn(C)c2n1. The third-order valence-corrected chi connectivity index (χ3v) is 5.35. The van der Waals surface area contributed by atoms with E-state index in [9.17, 15) is 4.79 Å². The molecule has 3 aromatic rings. The van der Waals surface area contributed by atoms with Gasteiger partial charge in [0.1, 0.15) is 0 Å². The minimum atomic E-state index is -0.153. The molecule has 0 aliphatic carbocycles. The molecule has 1 fully saturated rings. The number of ether oxygens (including phenoxy) is 1. The number of carbonyl (C=O) groups is 1. The molecule has 1 atom stereocenters. The monoisotopic (exact) mass is 368 g/mol. The van der Waals surface area contributed by atoms with Crippen molar-refractivity contribution in [2.45, 2.75) is 26.8 Å². The summed E-state index contributed by atoms with van der Waals surface area (Å²) in [6.07, 6.45) is 1.71. The molecule has 0 N–H and O–H groups in total. The van der Waals surface area contributed by atoms with Gasteiger partial charge in [0, 0.05) is 37.6 Å². The van der Waals surface area contributed by atoms with Gasteiger partial charge in [0.2, 0.25) is 0 Å². The summed E-state index contributed by atoms with van der Waals surface area (Å²) in [6, 6.07) is 1.70. The van der Waals surface area contributed by atoms with Gasteiger partial charge in [-0.3, -0.25) is 14.2 Å². The number of carbonyl (C=O) groups excluding carboxylic acids is 1. The Bertz CT molecular complexity index is 1030. The van der Waals surface area contributed by atoms with E-state index in [-0.39, 0.29) is 11.9 Å². The summed E-state index contributed by atoms with van der Waals surface area (Å²) in [4.78, 5) is 20.0. The Morgan fingerprint density at radius 1 is 1.22 bits per heavy atom. The second-order valence-corrected chi connectivity index (χ2v) is 7.11. The van der Waals surface area contributed by atoms with Crippen molar-refractivity contribution in [2.75, 3.05) is 19.8 Å². The van der Waals surface area contributed by atoms with Crippen LogP contribution < -0.4 is 0 Å². The van der Waals surface area contributed by atoms with Gasteiger partial charge in [0.25, 0.3) is 5.91 Å². The molecule has 0 saturated carbocycles. The van der Waals surface area contributed by atoms with Crippen molar-refractivity contribution in [3.05, 3.63) is 40.5 Å². The maximum absolute atomic E-state index is 13.6. The van der Waals surface area contributed by atoms with E-state index in [1.165, 1.54) is 0 Å². The molecule has 0 radical (unpaired) electrons. The van der Waals surface area contributed by atoms with E-state index in [1.807, 2.05) is 50.5 Å². The van der Waals surface area contributed by atoms with Crippen molar-refractivity contribution in [3.8, 4) is 0 Å². The molecule has 4 heterocycles. The Balaban J connectivity index is 1.80. The zero-order valence-corrected chi connectivity index (χ0v) is 16.4. The number of hydrogen-bond donors (Lipinski definition) is 0. The normalized spacial score (nSPS) is 17.7. The van der Waals surface area contributed by atoms with Gasteiger partial charge >= 0.3 is 0 Å². The molecule has 0 bridgehead atoms. The maximum atomic E-state index is 13.6. The van der Waals surface area contributed by atoms with Gasteiger partial charge in [-0.05, 0) is 26.8 Å². The first kappa shape index (κ1) is 17.7. The molecule has 27 heavy (non-hydrogen) atoms. The lowest BCUT2D eigenvalue weighted by Gasteiger charge is -2.36. The van der Waals surface area contributed by atoms with Gasteiger partial charge in [-0.25, -0.2) is 4.98 Å². The van der Waals surface area contributed by atoms with Crippen LogP contribution in [0.25, 0.3) is 11.0 Å². The van der Waals surface area contributed by atoms with E-state index in [4.69, 9.17) is 4.74 Å². The molecular weight excluding hydrogens is 344 g/mol. The maximum Gasteiger partial charge on any atom is 0.255 e. The molecular formula is C19H24N6O2. The summed E-state index contributed by atoms with van der Waals surface area (Å²) in [5, 5.41) is 9.57. The van der Waals surface area contributed by atoms with Crippen LogP contribution in [0.3, 0.4) is 0 Å². The third-order valence-electron chi connectivity index (χ3n) is 5.35. The Labute approximate surface area is 157 Å². The number of hydrogen-bond acceptors (Lipinski definition) is 5. The summed E-state index contributed by atoms with van der Waals surface area (Å²) in [7, 11) is 3.76. The molecule has 0 aromatic carbocycles. The van der Waals surface area contributed by atoms with Crippen molar-refractivity contribution in [1.29, 1.82) is 0 Å². The second-order valence-electron chi connectivity index (χ2n) is 7.11. The van der Waals surface area contributed by atoms with Gasteiger partial charge in [0.15, 0.2) is 5.65 Å². The highest BCUT2D eigenvalue weighted by molar-refractivity contribution is 6.05. The van der Waals surface area contributed by atoms with E-state index in [0.717, 1.165) is 33.7 Å². The molecule has 1 aliphatic heterocycles. The molecule has 0 unspecified atom stereocenters. The number of fused-ring (bicyclic) bond motifs is 1. The quantitative estimate of drug-likeness (QED) is 0.690. The number of rotatable bonds is 2. The fraction of sp³-hybridized carbons (Fsp3) is 0.474. The van der Waals surface area contributed by atoms with Crippen molar-refractivity contribution >= 4 is 16.9 Å². The highest BCUT2D eigenvalue weighted by Crippen LogP contribution is 2.31. The Morgan fingerprint density at radius 2 is 2.00 bits per heavy atom. The van der Waals surface area contributed by atoms with Crippen LogP contribution in [0.5, 0.6) is 0 Å². The fourth-order valence-corrected chi connectivity index (χ4v) is 3.93. The van der Waals surface area contributed by atoms with Gasteiger partial charge in [-0.1, -0.05) is 0 Å². The average Bonchev–Trinajstić information content (AvgIpc) is 3.13. The molecule has 142 valence electrons. The Morgan fingerprint density at radius 3 is 2.70 bits per heavy atom. The number of nitrogens with zero attached hydrogens (tertiary/aromatic N) is 6. The molecule has 0 spiro atoms. The summed E-state index contributed by atoms with van der Waals surface area (Å²) in [5.41, 5.74) is 5.21. The topological polar surface area (TPSA) is 78.1 Å². The minimum Gasteiger partial charge on any atom is -0.377 e. The number of morpholine rings is 1. The lowest BCUT2D eigenvalue weighted by atomic mass is 10.0. The van der Waals surface area contributed by atoms with E-state index >= 15 is 0 Å². The molecule has 1 aliphatic rings. The van der Waals surface area contributed by atoms with Gasteiger partial charge in [0.05, 0.1) is 42.1 Å². The molecule has 1 amide bonds. The van der Waals surface area contributed by atoms with E-state index in [2.05, 4.69) is 15.2 Å². The first-order valence-electron chi connectivity index (χ1n) is 9.06. The third kappa shape index (κ3) is 2.80. The molecule has 8 heteroatoms. The summed E-state index contributed by atoms with van der Waals surface area (Å²) in [5.74, 6) is -0.0190. The van der Waals surface area contributed by atoms with Gasteiger partial charge < -0.3 is 9.64 Å². The van der Waals surface area contributed by atoms with Crippen LogP contribution in [0.15, 0.2) is 12.3 Å². The van der Waals surface area contributed by atoms with Crippen LogP contribution in [-0.4, -0.2) is 55.1 Å². The first-order chi connectivity index (χ1) is 12.9. The van der Waals surface area contributed by atoms with Crippen LogP contribution in [0, 0.1) is 20.8 Å². The molecule has 4 rings (SSSR count). The lowest BCUT2D eigenvalue weighted by molar-refractivity contribution is -0.00295. The molecule has 1 saturated heterocycles. The van der Waals surface area contributed by atoms with Crippen LogP contribution >= 0.6 is 0 Å². The van der Waals surface area contributed by atoms with Gasteiger partial charge in [-0.2, -0.15) is 10.2 Å². The van der Waals surface area contributed by atoms with Crippen LogP contribution in [0.2, 0.25) is 0 Å². The highest BCUT2D eigenvalue weighted by Gasteiger charge is 2.34. The summed E-state index contributed by atoms with van der Waals surface area (Å²) < 4.78 is 9.29. The summed E-state index contributed by atoms with van der Waals surface area (Å²) >= 11 is 0. The smallest absolute Gasteiger partial charge is 0.255 e. The Hall–Kier alpha value is -2.74. The Kier molecular flexibility index (Phi) is 4.22. The van der Waals surface area contributed by atoms with E-state index < -0.39 is 0 Å². The molecule has 8 nitrogen and oxygen atoms in total. The van der Waals surface area contributed by atoms with Crippen LogP contribution in [0.1, 0.15) is 39.0 Å². The van der Waals surface area contributed by atoms with Crippen LogP contribution in [0.4, 0.5) is 0 Å². The predicted octanol–water partition coefficient (Wildman–Crippen LogP) is 1.84. The van der Waals surface area contributed by atoms with Crippen molar-refractivity contribution < 1.29 is 9.53 Å². The zero-order chi connectivity index (χ0) is 19.3. The van der Waals surface area contributed by atoms with E-state index in [0.29, 0.717) is 25.3 Å². The fourth-order valence-electron chi connectivity index (χ4n) is 3.93. The number of amides is 1. The number of aryl methyl sites for hydroxylation is 4. The van der Waals surface area contributed by atoms with Crippen LogP contribution in [-0.2, 0) is 18.8 Å². The minimum absolute atomic E-state index is 0.0190. The predicted molar refractivity (Wildman–Crippen MR) is 101 cm³/mol. The first-order valence-corrected chi connectivity index (χ1v) is 9.06. The standard InChI is InChI=1S/C19H24N6O2/c1-11-8-14(15-9-20-24(5)18(15)21-11)19(26)25-6-7-27-10-16(25)17-12(2)22-23(4)13(17)3/h8-9,16H,6-7,10H2,1-5H3/t16-/m1/s1. The summed E-state index contributed by atoms with van der Waals surface area (Å²) in [6.45, 7) is 7.45. The second kappa shape index (κ2) is 6.45. The van der Waals surface area contributed by atoms with Gasteiger partial charge in [-0.15, -0.1) is 0 Å². The number of aromatic nitrogens is 5. The van der Waals surface area contributed by atoms with Crippen molar-refractivity contribution in [3.63, 3.8) is 0 Å². The largest absolute Gasteiger partial charge is 0.377 e. The zero-order valence-electron chi connectivity index (χ0n) is 16.4. The van der Waals surface area contributed by atoms with Crippen molar-refractivity contribution in [2.24, 2.45) is 14.1 Å². The molecule has 3 aromatic heterocycles. The highest BCUT2D eigenvalue weighted by atomic mass is 16.5.